The Morgan fingerprint density at radius 3 is 2.57 bits per heavy atom. The number of carbonyl (C=O) groups is 2. The van der Waals surface area contributed by atoms with E-state index < -0.39 is 5.97 Å². The number of hydrogen-bond donors (Lipinski definition) is 0. The number of hydrogen-bond acceptors (Lipinski definition) is 4. The highest BCUT2D eigenvalue weighted by atomic mass is 16.5. The second-order valence-corrected chi connectivity index (χ2v) is 4.84. The highest BCUT2D eigenvalue weighted by Crippen LogP contribution is 2.21. The fourth-order valence-corrected chi connectivity index (χ4v) is 1.80. The van der Waals surface area contributed by atoms with Gasteiger partial charge in [-0.2, -0.15) is 0 Å². The number of rotatable bonds is 8. The van der Waals surface area contributed by atoms with Crippen LogP contribution in [0.15, 0.2) is 36.1 Å². The molecule has 0 amide bonds. The third kappa shape index (κ3) is 6.75. The van der Waals surface area contributed by atoms with E-state index in [4.69, 9.17) is 9.47 Å². The molecule has 1 aromatic carbocycles. The summed E-state index contributed by atoms with van der Waals surface area (Å²) in [5, 5.41) is 0. The number of ether oxygens (including phenoxy) is 2. The Kier molecular flexibility index (Phi) is 7.23. The molecule has 0 saturated carbocycles. The largest absolute Gasteiger partial charge is 0.462 e. The number of allylic oxidation sites excluding steroid dienone is 1. The molecule has 0 aliphatic rings. The van der Waals surface area contributed by atoms with E-state index in [9.17, 15) is 9.59 Å². The van der Waals surface area contributed by atoms with Crippen molar-refractivity contribution in [2.24, 2.45) is 0 Å². The number of esters is 1. The van der Waals surface area contributed by atoms with Gasteiger partial charge < -0.3 is 9.47 Å². The summed E-state index contributed by atoms with van der Waals surface area (Å²) >= 11 is 0. The molecule has 114 valence electrons. The Morgan fingerprint density at radius 2 is 1.90 bits per heavy atom. The summed E-state index contributed by atoms with van der Waals surface area (Å²) in [5.74, 6) is 0.765. The number of aryl methyl sites for hydroxylation is 1. The molecule has 0 heterocycles. The van der Waals surface area contributed by atoms with Crippen LogP contribution in [0.25, 0.3) is 0 Å². The summed E-state index contributed by atoms with van der Waals surface area (Å²) in [4.78, 5) is 22.0. The minimum atomic E-state index is -0.516. The third-order valence-electron chi connectivity index (χ3n) is 2.77. The molecule has 0 atom stereocenters. The van der Waals surface area contributed by atoms with Crippen molar-refractivity contribution < 1.29 is 19.1 Å². The molecule has 0 unspecified atom stereocenters. The van der Waals surface area contributed by atoms with Gasteiger partial charge >= 0.3 is 5.97 Å². The Labute approximate surface area is 125 Å². The SMILES string of the molecule is CCCc1ccccc1O/C(C)=C/COC(=O)CC(C)=O. The summed E-state index contributed by atoms with van der Waals surface area (Å²) in [6, 6.07) is 7.87. The Hall–Kier alpha value is -2.10. The van der Waals surface area contributed by atoms with Gasteiger partial charge in [-0.25, -0.2) is 0 Å². The summed E-state index contributed by atoms with van der Waals surface area (Å²) in [6.45, 7) is 5.39. The second kappa shape index (κ2) is 8.95. The van der Waals surface area contributed by atoms with Crippen LogP contribution in [0, 0.1) is 0 Å². The first-order valence-corrected chi connectivity index (χ1v) is 7.10. The first kappa shape index (κ1) is 17.0. The summed E-state index contributed by atoms with van der Waals surface area (Å²) in [5.41, 5.74) is 1.15. The smallest absolute Gasteiger partial charge is 0.313 e. The van der Waals surface area contributed by atoms with Gasteiger partial charge in [-0.1, -0.05) is 31.5 Å². The number of ketones is 1. The van der Waals surface area contributed by atoms with Gasteiger partial charge in [-0.3, -0.25) is 9.59 Å². The monoisotopic (exact) mass is 290 g/mol. The highest BCUT2D eigenvalue weighted by Gasteiger charge is 2.06. The zero-order chi connectivity index (χ0) is 15.7. The van der Waals surface area contributed by atoms with Gasteiger partial charge in [0.05, 0.1) is 0 Å². The first-order chi connectivity index (χ1) is 10.0. The van der Waals surface area contributed by atoms with E-state index in [-0.39, 0.29) is 18.8 Å². The van der Waals surface area contributed by atoms with Gasteiger partial charge in [0.15, 0.2) is 0 Å². The van der Waals surface area contributed by atoms with Gasteiger partial charge in [0, 0.05) is 0 Å². The lowest BCUT2D eigenvalue weighted by atomic mass is 10.1. The van der Waals surface area contributed by atoms with E-state index in [1.165, 1.54) is 6.92 Å². The second-order valence-electron chi connectivity index (χ2n) is 4.84. The summed E-state index contributed by atoms with van der Waals surface area (Å²) in [7, 11) is 0. The van der Waals surface area contributed by atoms with Gasteiger partial charge in [0.1, 0.15) is 30.3 Å². The Morgan fingerprint density at radius 1 is 1.19 bits per heavy atom. The highest BCUT2D eigenvalue weighted by molar-refractivity contribution is 5.94. The minimum absolute atomic E-state index is 0.105. The predicted octanol–water partition coefficient (Wildman–Crippen LogP) is 3.44. The van der Waals surface area contributed by atoms with E-state index in [0.29, 0.717) is 5.76 Å². The normalized spacial score (nSPS) is 11.1. The number of Topliss-reactive ketones (excluding diaryl/α,β-unsaturated/α-hetero) is 1. The molecule has 0 saturated heterocycles. The van der Waals surface area contributed by atoms with Crippen LogP contribution in [0.1, 0.15) is 39.2 Å². The maximum Gasteiger partial charge on any atom is 0.313 e. The fourth-order valence-electron chi connectivity index (χ4n) is 1.80. The van der Waals surface area contributed by atoms with Crippen LogP contribution in [0.5, 0.6) is 5.75 Å². The average molecular weight is 290 g/mol. The van der Waals surface area contributed by atoms with Gasteiger partial charge in [-0.15, -0.1) is 0 Å². The maximum absolute atomic E-state index is 11.2. The van der Waals surface area contributed by atoms with Crippen LogP contribution in [0.4, 0.5) is 0 Å². The molecule has 0 radical (unpaired) electrons. The molecule has 1 aromatic rings. The number of carbonyl (C=O) groups excluding carboxylic acids is 2. The van der Waals surface area contributed by atoms with Crippen molar-refractivity contribution in [1.29, 1.82) is 0 Å². The molecular formula is C17H22O4. The molecule has 1 rings (SSSR count). The van der Waals surface area contributed by atoms with E-state index in [1.54, 1.807) is 6.08 Å². The molecule has 4 nitrogen and oxygen atoms in total. The van der Waals surface area contributed by atoms with Gasteiger partial charge in [0.25, 0.3) is 0 Å². The lowest BCUT2D eigenvalue weighted by Crippen LogP contribution is -2.09. The van der Waals surface area contributed by atoms with Crippen LogP contribution in [-0.4, -0.2) is 18.4 Å². The lowest BCUT2D eigenvalue weighted by molar-refractivity contribution is -0.144. The lowest BCUT2D eigenvalue weighted by Gasteiger charge is -2.11. The van der Waals surface area contributed by atoms with E-state index in [2.05, 4.69) is 6.92 Å². The van der Waals surface area contributed by atoms with Crippen molar-refractivity contribution in [2.45, 2.75) is 40.0 Å². The third-order valence-corrected chi connectivity index (χ3v) is 2.77. The van der Waals surface area contributed by atoms with E-state index in [0.717, 1.165) is 24.2 Å². The van der Waals surface area contributed by atoms with Crippen LogP contribution in [0.2, 0.25) is 0 Å². The van der Waals surface area contributed by atoms with Crippen LogP contribution in [0.3, 0.4) is 0 Å². The Bertz CT molecular complexity index is 517. The standard InChI is InChI=1S/C17H22O4/c1-4-7-15-8-5-6-9-16(15)21-14(3)10-11-20-17(19)12-13(2)18/h5-6,8-10H,4,7,11-12H2,1-3H3/b14-10+. The molecule has 0 fully saturated rings. The molecule has 0 aliphatic carbocycles. The van der Waals surface area contributed by atoms with Crippen molar-refractivity contribution in [1.82, 2.24) is 0 Å². The molecule has 4 heteroatoms. The minimum Gasteiger partial charge on any atom is -0.462 e. The number of benzene rings is 1. The van der Waals surface area contributed by atoms with E-state index in [1.807, 2.05) is 31.2 Å². The molecule has 21 heavy (non-hydrogen) atoms. The molecule has 0 spiro atoms. The van der Waals surface area contributed by atoms with Crippen molar-refractivity contribution in [3.8, 4) is 5.75 Å². The molecule has 0 aliphatic heterocycles. The van der Waals surface area contributed by atoms with Crippen LogP contribution < -0.4 is 4.74 Å². The Balaban J connectivity index is 2.52. The van der Waals surface area contributed by atoms with E-state index >= 15 is 0 Å². The molecule has 0 aromatic heterocycles. The molecule has 0 N–H and O–H groups in total. The van der Waals surface area contributed by atoms with Crippen molar-refractivity contribution >= 4 is 11.8 Å². The van der Waals surface area contributed by atoms with Gasteiger partial charge in [0.2, 0.25) is 0 Å². The van der Waals surface area contributed by atoms with Crippen molar-refractivity contribution in [3.05, 3.63) is 41.7 Å². The number of para-hydroxylation sites is 1. The zero-order valence-electron chi connectivity index (χ0n) is 12.8. The average Bonchev–Trinajstić information content (AvgIpc) is 2.40. The molecular weight excluding hydrogens is 268 g/mol. The summed E-state index contributed by atoms with van der Waals surface area (Å²) in [6.07, 6.45) is 3.50. The van der Waals surface area contributed by atoms with Crippen LogP contribution >= 0.6 is 0 Å². The fraction of sp³-hybridized carbons (Fsp3) is 0.412. The summed E-state index contributed by atoms with van der Waals surface area (Å²) < 4.78 is 10.7. The zero-order valence-corrected chi connectivity index (χ0v) is 12.8. The maximum atomic E-state index is 11.2. The predicted molar refractivity (Wildman–Crippen MR) is 81.1 cm³/mol. The van der Waals surface area contributed by atoms with Crippen LogP contribution in [-0.2, 0) is 20.7 Å². The molecule has 0 bridgehead atoms. The van der Waals surface area contributed by atoms with Gasteiger partial charge in [-0.05, 0) is 38.0 Å². The first-order valence-electron chi connectivity index (χ1n) is 7.10. The van der Waals surface area contributed by atoms with Crippen molar-refractivity contribution in [3.63, 3.8) is 0 Å². The quantitative estimate of drug-likeness (QED) is 0.418. The van der Waals surface area contributed by atoms with Crippen molar-refractivity contribution in [2.75, 3.05) is 6.61 Å². The topological polar surface area (TPSA) is 52.6 Å².